The first-order valence-corrected chi connectivity index (χ1v) is 7.38. The molecule has 0 unspecified atom stereocenters. The second-order valence-electron chi connectivity index (χ2n) is 4.90. The maximum Gasteiger partial charge on any atom is 0.146 e. The molecule has 1 aromatic carbocycles. The fraction of sp³-hybridized carbons (Fsp3) is 0.353. The molecule has 2 aromatic rings. The Morgan fingerprint density at radius 1 is 1.14 bits per heavy atom. The number of aromatic nitrogens is 1. The summed E-state index contributed by atoms with van der Waals surface area (Å²) in [6, 6.07) is 9.21. The largest absolute Gasteiger partial charge is 0.365 e. The van der Waals surface area contributed by atoms with Crippen molar-refractivity contribution in [2.24, 2.45) is 0 Å². The van der Waals surface area contributed by atoms with Gasteiger partial charge in [0, 0.05) is 32.0 Å². The maximum absolute atomic E-state index is 14.3. The summed E-state index contributed by atoms with van der Waals surface area (Å²) in [7, 11) is 0. The van der Waals surface area contributed by atoms with Crippen LogP contribution in [0.15, 0.2) is 42.7 Å². The fourth-order valence-corrected chi connectivity index (χ4v) is 2.37. The molecule has 112 valence electrons. The molecular weight excluding hydrogens is 265 g/mol. The van der Waals surface area contributed by atoms with Gasteiger partial charge in [0.15, 0.2) is 0 Å². The van der Waals surface area contributed by atoms with Crippen molar-refractivity contribution < 1.29 is 4.39 Å². The number of hydrogen-bond donors (Lipinski definition) is 1. The molecule has 0 atom stereocenters. The van der Waals surface area contributed by atoms with E-state index in [4.69, 9.17) is 0 Å². The lowest BCUT2D eigenvalue weighted by Gasteiger charge is -2.26. The molecule has 21 heavy (non-hydrogen) atoms. The number of para-hydroxylation sites is 1. The molecule has 0 saturated heterocycles. The van der Waals surface area contributed by atoms with E-state index in [9.17, 15) is 4.39 Å². The summed E-state index contributed by atoms with van der Waals surface area (Å²) in [6.07, 6.45) is 3.54. The normalized spacial score (nSPS) is 10.6. The minimum absolute atomic E-state index is 0.165. The lowest BCUT2D eigenvalue weighted by atomic mass is 10.1. The van der Waals surface area contributed by atoms with Crippen LogP contribution in [0.4, 0.5) is 10.1 Å². The van der Waals surface area contributed by atoms with Crippen LogP contribution < -0.4 is 10.2 Å². The molecule has 0 amide bonds. The number of nitrogens with zero attached hydrogens (tertiary/aromatic N) is 2. The van der Waals surface area contributed by atoms with Crippen molar-refractivity contribution in [2.75, 3.05) is 18.0 Å². The van der Waals surface area contributed by atoms with Crippen molar-refractivity contribution in [3.05, 3.63) is 59.7 Å². The van der Waals surface area contributed by atoms with E-state index < -0.39 is 0 Å². The summed E-state index contributed by atoms with van der Waals surface area (Å²) in [6.45, 7) is 7.07. The third-order valence-corrected chi connectivity index (χ3v) is 3.46. The highest BCUT2D eigenvalue weighted by Crippen LogP contribution is 2.26. The smallest absolute Gasteiger partial charge is 0.146 e. The Morgan fingerprint density at radius 3 is 2.57 bits per heavy atom. The number of halogens is 1. The van der Waals surface area contributed by atoms with Crippen molar-refractivity contribution in [3.63, 3.8) is 0 Å². The third-order valence-electron chi connectivity index (χ3n) is 3.46. The van der Waals surface area contributed by atoms with Crippen LogP contribution in [0.1, 0.15) is 25.0 Å². The summed E-state index contributed by atoms with van der Waals surface area (Å²) in [4.78, 5) is 6.09. The third kappa shape index (κ3) is 4.02. The molecular formula is C17H22FN3. The Balaban J connectivity index is 2.28. The average molecular weight is 287 g/mol. The molecule has 0 aliphatic rings. The van der Waals surface area contributed by atoms with Gasteiger partial charge in [0.2, 0.25) is 0 Å². The second kappa shape index (κ2) is 7.74. The van der Waals surface area contributed by atoms with Gasteiger partial charge in [-0.25, -0.2) is 4.39 Å². The van der Waals surface area contributed by atoms with E-state index in [1.807, 2.05) is 32.0 Å². The first-order chi connectivity index (χ1) is 10.3. The molecule has 0 saturated carbocycles. The van der Waals surface area contributed by atoms with Crippen LogP contribution in [-0.4, -0.2) is 18.1 Å². The number of anilines is 1. The molecule has 4 heteroatoms. The Morgan fingerprint density at radius 2 is 1.90 bits per heavy atom. The molecule has 0 aliphatic carbocycles. The van der Waals surface area contributed by atoms with Crippen LogP contribution in [0.3, 0.4) is 0 Å². The van der Waals surface area contributed by atoms with E-state index >= 15 is 0 Å². The van der Waals surface area contributed by atoms with Gasteiger partial charge in [-0.1, -0.05) is 19.1 Å². The number of pyridine rings is 1. The lowest BCUT2D eigenvalue weighted by molar-refractivity contribution is 0.611. The summed E-state index contributed by atoms with van der Waals surface area (Å²) >= 11 is 0. The standard InChI is InChI=1S/C17H22FN3/c1-3-19-12-15-6-5-7-16(18)17(15)21(4-2)13-14-8-10-20-11-9-14/h5-11,19H,3-4,12-13H2,1-2H3. The molecule has 3 nitrogen and oxygen atoms in total. The Hall–Kier alpha value is -1.94. The SMILES string of the molecule is CCNCc1cccc(F)c1N(CC)Cc1ccncc1. The highest BCUT2D eigenvalue weighted by Gasteiger charge is 2.15. The Kier molecular flexibility index (Phi) is 5.69. The zero-order valence-electron chi connectivity index (χ0n) is 12.6. The van der Waals surface area contributed by atoms with Gasteiger partial charge in [0.25, 0.3) is 0 Å². The lowest BCUT2D eigenvalue weighted by Crippen LogP contribution is -2.26. The van der Waals surface area contributed by atoms with Gasteiger partial charge in [-0.2, -0.15) is 0 Å². The Labute approximate surface area is 125 Å². The molecule has 1 aromatic heterocycles. The monoisotopic (exact) mass is 287 g/mol. The van der Waals surface area contributed by atoms with Gasteiger partial charge in [0.1, 0.15) is 5.82 Å². The van der Waals surface area contributed by atoms with E-state index in [0.717, 1.165) is 24.2 Å². The number of benzene rings is 1. The molecule has 1 N–H and O–H groups in total. The summed E-state index contributed by atoms with van der Waals surface area (Å²) < 4.78 is 14.3. The maximum atomic E-state index is 14.3. The van der Waals surface area contributed by atoms with Gasteiger partial charge in [0.05, 0.1) is 5.69 Å². The quantitative estimate of drug-likeness (QED) is 0.846. The molecule has 0 spiro atoms. The van der Waals surface area contributed by atoms with E-state index in [0.29, 0.717) is 18.8 Å². The zero-order chi connectivity index (χ0) is 15.1. The van der Waals surface area contributed by atoms with Gasteiger partial charge in [-0.3, -0.25) is 4.98 Å². The summed E-state index contributed by atoms with van der Waals surface area (Å²) in [5.74, 6) is -0.165. The summed E-state index contributed by atoms with van der Waals surface area (Å²) in [5.41, 5.74) is 2.81. The molecule has 2 rings (SSSR count). The van der Waals surface area contributed by atoms with Crippen molar-refractivity contribution in [1.82, 2.24) is 10.3 Å². The van der Waals surface area contributed by atoms with E-state index in [-0.39, 0.29) is 5.82 Å². The minimum Gasteiger partial charge on any atom is -0.365 e. The van der Waals surface area contributed by atoms with E-state index in [1.165, 1.54) is 6.07 Å². The van der Waals surface area contributed by atoms with Gasteiger partial charge < -0.3 is 10.2 Å². The van der Waals surface area contributed by atoms with E-state index in [2.05, 4.69) is 15.2 Å². The number of nitrogens with one attached hydrogen (secondary N) is 1. The predicted molar refractivity (Wildman–Crippen MR) is 84.7 cm³/mol. The molecule has 0 fully saturated rings. The van der Waals surface area contributed by atoms with Crippen LogP contribution in [0.5, 0.6) is 0 Å². The van der Waals surface area contributed by atoms with Crippen molar-refractivity contribution in [3.8, 4) is 0 Å². The van der Waals surface area contributed by atoms with Crippen LogP contribution in [-0.2, 0) is 13.1 Å². The van der Waals surface area contributed by atoms with Crippen molar-refractivity contribution in [2.45, 2.75) is 26.9 Å². The van der Waals surface area contributed by atoms with Crippen molar-refractivity contribution >= 4 is 5.69 Å². The van der Waals surface area contributed by atoms with Crippen LogP contribution in [0.2, 0.25) is 0 Å². The number of hydrogen-bond acceptors (Lipinski definition) is 3. The van der Waals surface area contributed by atoms with Gasteiger partial charge in [-0.05, 0) is 42.8 Å². The fourth-order valence-electron chi connectivity index (χ4n) is 2.37. The average Bonchev–Trinajstić information content (AvgIpc) is 2.52. The predicted octanol–water partition coefficient (Wildman–Crippen LogP) is 3.36. The van der Waals surface area contributed by atoms with Crippen LogP contribution in [0, 0.1) is 5.82 Å². The zero-order valence-corrected chi connectivity index (χ0v) is 12.6. The molecule has 0 radical (unpaired) electrons. The summed E-state index contributed by atoms with van der Waals surface area (Å²) in [5, 5.41) is 3.27. The first kappa shape index (κ1) is 15.4. The van der Waals surface area contributed by atoms with Crippen LogP contribution in [0.25, 0.3) is 0 Å². The van der Waals surface area contributed by atoms with Gasteiger partial charge in [-0.15, -0.1) is 0 Å². The Bertz CT molecular complexity index is 557. The molecule has 1 heterocycles. The minimum atomic E-state index is -0.165. The highest BCUT2D eigenvalue weighted by molar-refractivity contribution is 5.55. The first-order valence-electron chi connectivity index (χ1n) is 7.38. The van der Waals surface area contributed by atoms with Crippen LogP contribution >= 0.6 is 0 Å². The molecule has 0 aliphatic heterocycles. The molecule has 0 bridgehead atoms. The second-order valence-corrected chi connectivity index (χ2v) is 4.90. The van der Waals surface area contributed by atoms with Gasteiger partial charge >= 0.3 is 0 Å². The topological polar surface area (TPSA) is 28.2 Å². The number of rotatable bonds is 7. The van der Waals surface area contributed by atoms with E-state index in [1.54, 1.807) is 18.5 Å². The van der Waals surface area contributed by atoms with Crippen molar-refractivity contribution in [1.29, 1.82) is 0 Å². The highest BCUT2D eigenvalue weighted by atomic mass is 19.1.